The summed E-state index contributed by atoms with van der Waals surface area (Å²) in [6.45, 7) is 2.72. The maximum absolute atomic E-state index is 15.2. The van der Waals surface area contributed by atoms with Gasteiger partial charge in [-0.3, -0.25) is 9.59 Å². The van der Waals surface area contributed by atoms with Crippen LogP contribution < -0.4 is 15.4 Å². The Hall–Kier alpha value is -5.14. The summed E-state index contributed by atoms with van der Waals surface area (Å²) in [6.07, 6.45) is 7.32. The number of hydrogen-bond donors (Lipinski definition) is 3. The number of aromatic nitrogens is 4. The molecule has 3 heterocycles. The van der Waals surface area contributed by atoms with Crippen molar-refractivity contribution in [2.75, 3.05) is 31.6 Å². The number of nitrogens with one attached hydrogen (secondary N) is 2. The van der Waals surface area contributed by atoms with Gasteiger partial charge < -0.3 is 25.4 Å². The molecule has 6 rings (SSSR count). The van der Waals surface area contributed by atoms with Crippen molar-refractivity contribution in [3.8, 4) is 11.4 Å². The Morgan fingerprint density at radius 2 is 1.90 bits per heavy atom. The van der Waals surface area contributed by atoms with Crippen molar-refractivity contribution in [1.29, 1.82) is 0 Å². The van der Waals surface area contributed by atoms with Gasteiger partial charge in [-0.2, -0.15) is 4.68 Å². The molecule has 2 aliphatic heterocycles. The number of tetrazole rings is 1. The lowest BCUT2D eigenvalue weighted by molar-refractivity contribution is -0.135. The topological polar surface area (TPSA) is 152 Å². The normalized spacial score (nSPS) is 16.5. The van der Waals surface area contributed by atoms with Gasteiger partial charge in [-0.05, 0) is 109 Å². The molecule has 1 saturated heterocycles. The summed E-state index contributed by atoms with van der Waals surface area (Å²) in [6, 6.07) is 13.0. The summed E-state index contributed by atoms with van der Waals surface area (Å²) in [5.41, 5.74) is 2.12. The first kappa shape index (κ1) is 32.8. The maximum Gasteiger partial charge on any atom is 0.335 e. The van der Waals surface area contributed by atoms with Gasteiger partial charge in [0.05, 0.1) is 22.9 Å². The van der Waals surface area contributed by atoms with E-state index < -0.39 is 29.6 Å². The minimum atomic E-state index is -1.09. The van der Waals surface area contributed by atoms with E-state index in [4.69, 9.17) is 16.3 Å². The summed E-state index contributed by atoms with van der Waals surface area (Å²) < 4.78 is 22.7. The van der Waals surface area contributed by atoms with Gasteiger partial charge in [0, 0.05) is 29.4 Å². The zero-order chi connectivity index (χ0) is 33.6. The van der Waals surface area contributed by atoms with Gasteiger partial charge >= 0.3 is 5.97 Å². The third kappa shape index (κ3) is 7.21. The van der Waals surface area contributed by atoms with Crippen molar-refractivity contribution < 1.29 is 28.6 Å². The van der Waals surface area contributed by atoms with Crippen molar-refractivity contribution in [2.45, 2.75) is 31.7 Å². The Labute approximate surface area is 280 Å². The number of halogens is 2. The van der Waals surface area contributed by atoms with Crippen LogP contribution >= 0.6 is 11.6 Å². The van der Waals surface area contributed by atoms with Crippen LogP contribution in [0.2, 0.25) is 5.02 Å². The number of rotatable bonds is 10. The zero-order valence-corrected chi connectivity index (χ0v) is 26.6. The third-order valence-electron chi connectivity index (χ3n) is 8.65. The first-order valence-corrected chi connectivity index (χ1v) is 16.0. The monoisotopic (exact) mass is 673 g/mol. The molecule has 0 bridgehead atoms. The predicted molar refractivity (Wildman–Crippen MR) is 175 cm³/mol. The van der Waals surface area contributed by atoms with E-state index in [0.717, 1.165) is 37.9 Å². The number of carbonyl (C=O) groups is 3. The summed E-state index contributed by atoms with van der Waals surface area (Å²) in [4.78, 5) is 40.6. The molecule has 0 radical (unpaired) electrons. The molecule has 1 atom stereocenters. The fraction of sp³-hybridized carbons (Fsp3) is 0.294. The highest BCUT2D eigenvalue weighted by molar-refractivity contribution is 6.31. The molecule has 1 aromatic heterocycles. The summed E-state index contributed by atoms with van der Waals surface area (Å²) in [5.74, 6) is -1.65. The molecule has 0 spiro atoms. The van der Waals surface area contributed by atoms with Crippen molar-refractivity contribution in [3.05, 3.63) is 100 Å². The summed E-state index contributed by atoms with van der Waals surface area (Å²) in [5, 5.41) is 26.3. The van der Waals surface area contributed by atoms with Crippen LogP contribution in [0, 0.1) is 11.7 Å². The molecular weight excluding hydrogens is 641 g/mol. The Morgan fingerprint density at radius 1 is 1.10 bits per heavy atom. The molecule has 0 aliphatic carbocycles. The SMILES string of the molecule is O=C(O)c1ccc(NC(=O)C2c3cccc(OCCC4CCNCC4)c3CCN2C(=O)/C=C/c2c(-n3cnnn3)ccc(Cl)c2F)cc1. The molecule has 4 aromatic rings. The number of anilines is 1. The highest BCUT2D eigenvalue weighted by atomic mass is 35.5. The molecule has 12 nitrogen and oxygen atoms in total. The van der Waals surface area contributed by atoms with E-state index in [1.54, 1.807) is 12.1 Å². The van der Waals surface area contributed by atoms with E-state index in [1.165, 1.54) is 64.5 Å². The number of nitrogens with zero attached hydrogens (tertiary/aromatic N) is 5. The Balaban J connectivity index is 1.29. The minimum absolute atomic E-state index is 0.00971. The highest BCUT2D eigenvalue weighted by Gasteiger charge is 2.37. The third-order valence-corrected chi connectivity index (χ3v) is 8.94. The van der Waals surface area contributed by atoms with Crippen molar-refractivity contribution >= 4 is 41.1 Å². The van der Waals surface area contributed by atoms with Gasteiger partial charge in [0.25, 0.3) is 5.91 Å². The highest BCUT2D eigenvalue weighted by Crippen LogP contribution is 2.37. The minimum Gasteiger partial charge on any atom is -0.493 e. The lowest BCUT2D eigenvalue weighted by atomic mass is 9.90. The molecule has 2 aliphatic rings. The van der Waals surface area contributed by atoms with Gasteiger partial charge in [0.2, 0.25) is 5.91 Å². The van der Waals surface area contributed by atoms with Crippen LogP contribution in [-0.4, -0.2) is 74.2 Å². The first-order valence-electron chi connectivity index (χ1n) is 15.6. The summed E-state index contributed by atoms with van der Waals surface area (Å²) in [7, 11) is 0. The van der Waals surface area contributed by atoms with E-state index in [0.29, 0.717) is 35.9 Å². The number of hydrogen-bond acceptors (Lipinski definition) is 8. The Morgan fingerprint density at radius 3 is 2.62 bits per heavy atom. The van der Waals surface area contributed by atoms with E-state index >= 15 is 4.39 Å². The quantitative estimate of drug-likeness (QED) is 0.204. The van der Waals surface area contributed by atoms with Gasteiger partial charge in [-0.15, -0.1) is 5.10 Å². The summed E-state index contributed by atoms with van der Waals surface area (Å²) >= 11 is 6.07. The lowest BCUT2D eigenvalue weighted by Crippen LogP contribution is -2.44. The number of carboxylic acid groups (broad SMARTS) is 1. The van der Waals surface area contributed by atoms with Crippen LogP contribution in [0.1, 0.15) is 52.4 Å². The average Bonchev–Trinajstić information content (AvgIpc) is 3.64. The molecule has 1 unspecified atom stereocenters. The second-order valence-corrected chi connectivity index (χ2v) is 12.0. The number of benzene rings is 3. The standard InChI is InChI=1S/C34H33ClFN7O5/c35-27-9-10-28(43-20-38-40-41-43)26(31(27)36)8-11-30(44)42-18-14-24-25(2-1-3-29(24)48-19-15-21-12-16-37-17-13-21)32(42)33(45)39-23-6-4-22(5-7-23)34(46)47/h1-11,20-21,32,37H,12-19H2,(H,39,45)(H,46,47)/b11-8+. The van der Waals surface area contributed by atoms with Crippen molar-refractivity contribution in [2.24, 2.45) is 5.92 Å². The van der Waals surface area contributed by atoms with Crippen LogP contribution in [-0.2, 0) is 16.0 Å². The predicted octanol–water partition coefficient (Wildman–Crippen LogP) is 4.70. The molecule has 14 heteroatoms. The number of carboxylic acids is 1. The van der Waals surface area contributed by atoms with E-state index in [2.05, 4.69) is 26.2 Å². The number of fused-ring (bicyclic) bond motifs is 1. The fourth-order valence-corrected chi connectivity index (χ4v) is 6.30. The number of ether oxygens (including phenoxy) is 1. The molecule has 1 fully saturated rings. The van der Waals surface area contributed by atoms with Crippen LogP contribution in [0.4, 0.5) is 10.1 Å². The largest absolute Gasteiger partial charge is 0.493 e. The molecule has 248 valence electrons. The van der Waals surface area contributed by atoms with Crippen LogP contribution in [0.5, 0.6) is 5.75 Å². The van der Waals surface area contributed by atoms with Crippen LogP contribution in [0.3, 0.4) is 0 Å². The average molecular weight is 674 g/mol. The maximum atomic E-state index is 15.2. The smallest absolute Gasteiger partial charge is 0.335 e. The van der Waals surface area contributed by atoms with Gasteiger partial charge in [0.1, 0.15) is 18.1 Å². The number of carbonyl (C=O) groups excluding carboxylic acids is 2. The molecule has 3 aromatic carbocycles. The molecule has 3 N–H and O–H groups in total. The van der Waals surface area contributed by atoms with Crippen LogP contribution in [0.15, 0.2) is 67.0 Å². The van der Waals surface area contributed by atoms with Crippen LogP contribution in [0.25, 0.3) is 11.8 Å². The Kier molecular flexibility index (Phi) is 10.1. The number of aromatic carboxylic acids is 1. The molecule has 48 heavy (non-hydrogen) atoms. The lowest BCUT2D eigenvalue weighted by Gasteiger charge is -2.36. The fourth-order valence-electron chi connectivity index (χ4n) is 6.14. The van der Waals surface area contributed by atoms with Crippen molar-refractivity contribution in [1.82, 2.24) is 30.4 Å². The second kappa shape index (κ2) is 14.7. The van der Waals surface area contributed by atoms with Crippen molar-refractivity contribution in [3.63, 3.8) is 0 Å². The van der Waals surface area contributed by atoms with Gasteiger partial charge in [0.15, 0.2) is 5.82 Å². The molecule has 2 amide bonds. The first-order chi connectivity index (χ1) is 23.3. The van der Waals surface area contributed by atoms with E-state index in [-0.39, 0.29) is 28.4 Å². The van der Waals surface area contributed by atoms with Gasteiger partial charge in [-0.1, -0.05) is 23.7 Å². The zero-order valence-electron chi connectivity index (χ0n) is 25.8. The number of piperidine rings is 1. The van der Waals surface area contributed by atoms with E-state index in [9.17, 15) is 19.5 Å². The van der Waals surface area contributed by atoms with E-state index in [1.807, 2.05) is 6.07 Å². The Bertz CT molecular complexity index is 1830. The molecular formula is C34H33ClFN7O5. The number of amides is 2. The second-order valence-electron chi connectivity index (χ2n) is 11.6. The van der Waals surface area contributed by atoms with Gasteiger partial charge in [-0.25, -0.2) is 9.18 Å². The molecule has 0 saturated carbocycles.